The highest BCUT2D eigenvalue weighted by Crippen LogP contribution is 2.26. The Labute approximate surface area is 204 Å². The average Bonchev–Trinajstić information content (AvgIpc) is 2.79. The van der Waals surface area contributed by atoms with Crippen LogP contribution in [0.25, 0.3) is 0 Å². The van der Waals surface area contributed by atoms with Crippen molar-refractivity contribution in [3.8, 4) is 0 Å². The van der Waals surface area contributed by atoms with Crippen LogP contribution >= 0.6 is 11.6 Å². The lowest BCUT2D eigenvalue weighted by Gasteiger charge is -2.35. The van der Waals surface area contributed by atoms with E-state index in [4.69, 9.17) is 16.3 Å². The smallest absolute Gasteiger partial charge is 0.253 e. The summed E-state index contributed by atoms with van der Waals surface area (Å²) in [6.07, 6.45) is 2.92. The standard InChI is InChI=1S/C22H29ClN6O4S/c1-15-13-28(14-16(2)33-15)22-24-12-19(23)20(26-22)25-18-6-4-17(5-7-18)21(30)27-8-10-29(11-9-27)34(3,31)32/h4-7,12,15-16H,8-11,13-14H2,1-3H3,(H,24,25,26)/t15-,16+. The molecule has 1 aromatic carbocycles. The molecule has 2 fully saturated rings. The number of carbonyl (C=O) groups excluding carboxylic acids is 1. The Bertz CT molecular complexity index is 1130. The van der Waals surface area contributed by atoms with Crippen LogP contribution in [0.15, 0.2) is 30.5 Å². The summed E-state index contributed by atoms with van der Waals surface area (Å²) in [5, 5.41) is 3.59. The molecule has 34 heavy (non-hydrogen) atoms. The Morgan fingerprint density at radius 1 is 1.09 bits per heavy atom. The lowest BCUT2D eigenvalue weighted by atomic mass is 10.1. The molecule has 3 heterocycles. The van der Waals surface area contributed by atoms with E-state index in [1.165, 1.54) is 10.6 Å². The Morgan fingerprint density at radius 2 is 1.71 bits per heavy atom. The quantitative estimate of drug-likeness (QED) is 0.655. The predicted molar refractivity (Wildman–Crippen MR) is 131 cm³/mol. The summed E-state index contributed by atoms with van der Waals surface area (Å²) in [6.45, 7) is 6.77. The van der Waals surface area contributed by atoms with E-state index in [9.17, 15) is 13.2 Å². The van der Waals surface area contributed by atoms with E-state index >= 15 is 0 Å². The molecule has 2 saturated heterocycles. The second-order valence-electron chi connectivity index (χ2n) is 8.69. The fourth-order valence-corrected chi connectivity index (χ4v) is 5.14. The summed E-state index contributed by atoms with van der Waals surface area (Å²) in [6, 6.07) is 7.04. The largest absolute Gasteiger partial charge is 0.372 e. The van der Waals surface area contributed by atoms with E-state index in [1.54, 1.807) is 35.4 Å². The number of piperazine rings is 1. The monoisotopic (exact) mass is 508 g/mol. The van der Waals surface area contributed by atoms with Crippen molar-refractivity contribution in [2.45, 2.75) is 26.1 Å². The molecule has 0 bridgehead atoms. The number of carbonyl (C=O) groups is 1. The van der Waals surface area contributed by atoms with E-state index in [-0.39, 0.29) is 18.1 Å². The van der Waals surface area contributed by atoms with Gasteiger partial charge in [-0.05, 0) is 38.1 Å². The second kappa shape index (κ2) is 10.0. The van der Waals surface area contributed by atoms with Crippen LogP contribution in [-0.2, 0) is 14.8 Å². The second-order valence-corrected chi connectivity index (χ2v) is 11.1. The molecule has 0 unspecified atom stereocenters. The Morgan fingerprint density at radius 3 is 2.29 bits per heavy atom. The van der Waals surface area contributed by atoms with E-state index in [0.29, 0.717) is 61.6 Å². The normalized spacial score (nSPS) is 22.0. The number of sulfonamides is 1. The number of morpholine rings is 1. The van der Waals surface area contributed by atoms with Crippen LogP contribution in [0.3, 0.4) is 0 Å². The molecule has 0 radical (unpaired) electrons. The van der Waals surface area contributed by atoms with Crippen LogP contribution in [0.2, 0.25) is 5.02 Å². The number of rotatable bonds is 5. The van der Waals surface area contributed by atoms with Gasteiger partial charge in [-0.25, -0.2) is 13.4 Å². The summed E-state index contributed by atoms with van der Waals surface area (Å²) in [7, 11) is -3.24. The van der Waals surface area contributed by atoms with Crippen molar-refractivity contribution in [1.82, 2.24) is 19.2 Å². The number of ether oxygens (including phenoxy) is 1. The van der Waals surface area contributed by atoms with E-state index in [1.807, 2.05) is 13.8 Å². The van der Waals surface area contributed by atoms with Crippen molar-refractivity contribution in [3.05, 3.63) is 41.0 Å². The highest BCUT2D eigenvalue weighted by atomic mass is 35.5. The van der Waals surface area contributed by atoms with Gasteiger partial charge in [0, 0.05) is 50.5 Å². The van der Waals surface area contributed by atoms with Crippen molar-refractivity contribution in [2.24, 2.45) is 0 Å². The van der Waals surface area contributed by atoms with Gasteiger partial charge in [-0.3, -0.25) is 4.79 Å². The highest BCUT2D eigenvalue weighted by molar-refractivity contribution is 7.88. The maximum atomic E-state index is 12.8. The lowest BCUT2D eigenvalue weighted by molar-refractivity contribution is -0.00571. The number of nitrogens with one attached hydrogen (secondary N) is 1. The van der Waals surface area contributed by atoms with Gasteiger partial charge in [0.2, 0.25) is 16.0 Å². The Hall–Kier alpha value is -2.47. The minimum atomic E-state index is -3.24. The molecule has 0 saturated carbocycles. The first-order chi connectivity index (χ1) is 16.1. The number of amides is 1. The maximum Gasteiger partial charge on any atom is 0.253 e. The summed E-state index contributed by atoms with van der Waals surface area (Å²) in [5.41, 5.74) is 1.26. The number of benzene rings is 1. The van der Waals surface area contributed by atoms with Crippen molar-refractivity contribution in [1.29, 1.82) is 0 Å². The molecule has 2 atom stereocenters. The van der Waals surface area contributed by atoms with Crippen molar-refractivity contribution in [2.75, 3.05) is 55.7 Å². The van der Waals surface area contributed by atoms with Crippen molar-refractivity contribution < 1.29 is 17.9 Å². The minimum Gasteiger partial charge on any atom is -0.372 e. The van der Waals surface area contributed by atoms with E-state index in [0.717, 1.165) is 5.69 Å². The van der Waals surface area contributed by atoms with Gasteiger partial charge in [0.15, 0.2) is 5.82 Å². The topological polar surface area (TPSA) is 108 Å². The van der Waals surface area contributed by atoms with E-state index in [2.05, 4.69) is 20.2 Å². The summed E-state index contributed by atoms with van der Waals surface area (Å²) in [4.78, 5) is 25.6. The lowest BCUT2D eigenvalue weighted by Crippen LogP contribution is -2.50. The number of anilines is 3. The molecule has 184 valence electrons. The van der Waals surface area contributed by atoms with Gasteiger partial charge in [-0.2, -0.15) is 9.29 Å². The third kappa shape index (κ3) is 5.77. The van der Waals surface area contributed by atoms with Gasteiger partial charge in [-0.15, -0.1) is 0 Å². The van der Waals surface area contributed by atoms with Crippen LogP contribution in [0, 0.1) is 0 Å². The first kappa shape index (κ1) is 24.6. The molecule has 2 aromatic rings. The zero-order chi connectivity index (χ0) is 24.5. The summed E-state index contributed by atoms with van der Waals surface area (Å²) >= 11 is 6.33. The minimum absolute atomic E-state index is 0.0823. The van der Waals surface area contributed by atoms with Gasteiger partial charge in [0.1, 0.15) is 5.02 Å². The third-order valence-corrected chi connectivity index (χ3v) is 7.40. The fraction of sp³-hybridized carbons (Fsp3) is 0.500. The molecule has 12 heteroatoms. The maximum absolute atomic E-state index is 12.8. The van der Waals surface area contributed by atoms with Gasteiger partial charge in [0.05, 0.1) is 24.7 Å². The Kier molecular flexibility index (Phi) is 7.27. The van der Waals surface area contributed by atoms with E-state index < -0.39 is 10.0 Å². The number of hydrogen-bond acceptors (Lipinski definition) is 8. The fourth-order valence-electron chi connectivity index (χ4n) is 4.18. The van der Waals surface area contributed by atoms with Gasteiger partial charge < -0.3 is 19.9 Å². The van der Waals surface area contributed by atoms with Crippen LogP contribution in [0.4, 0.5) is 17.5 Å². The molecular weight excluding hydrogens is 480 g/mol. The van der Waals surface area contributed by atoms with Crippen LogP contribution in [-0.4, -0.2) is 91.2 Å². The van der Waals surface area contributed by atoms with Gasteiger partial charge in [-0.1, -0.05) is 11.6 Å². The Balaban J connectivity index is 1.41. The van der Waals surface area contributed by atoms with Gasteiger partial charge >= 0.3 is 0 Å². The molecule has 0 aliphatic carbocycles. The molecular formula is C22H29ClN6O4S. The molecule has 0 spiro atoms. The predicted octanol–water partition coefficient (Wildman–Crippen LogP) is 2.20. The summed E-state index contributed by atoms with van der Waals surface area (Å²) < 4.78 is 30.5. The van der Waals surface area contributed by atoms with Crippen LogP contribution in [0.5, 0.6) is 0 Å². The molecule has 4 rings (SSSR count). The molecule has 2 aliphatic heterocycles. The molecule has 1 aromatic heterocycles. The van der Waals surface area contributed by atoms with Crippen LogP contribution < -0.4 is 10.2 Å². The zero-order valence-electron chi connectivity index (χ0n) is 19.4. The van der Waals surface area contributed by atoms with Crippen molar-refractivity contribution in [3.63, 3.8) is 0 Å². The SMILES string of the molecule is C[C@@H]1CN(c2ncc(Cl)c(Nc3ccc(C(=O)N4CCN(S(C)(=O)=O)CC4)cc3)n2)C[C@H](C)O1. The third-order valence-electron chi connectivity index (χ3n) is 5.82. The summed E-state index contributed by atoms with van der Waals surface area (Å²) in [5.74, 6) is 0.931. The molecule has 1 amide bonds. The van der Waals surface area contributed by atoms with Crippen LogP contribution in [0.1, 0.15) is 24.2 Å². The van der Waals surface area contributed by atoms with Crippen molar-refractivity contribution >= 4 is 45.0 Å². The average molecular weight is 509 g/mol. The molecule has 2 aliphatic rings. The first-order valence-corrected chi connectivity index (χ1v) is 13.4. The molecule has 10 nitrogen and oxygen atoms in total. The number of aromatic nitrogens is 2. The van der Waals surface area contributed by atoms with Gasteiger partial charge in [0.25, 0.3) is 5.91 Å². The molecule has 1 N–H and O–H groups in total. The zero-order valence-corrected chi connectivity index (χ0v) is 21.0. The number of halogens is 1. The number of hydrogen-bond donors (Lipinski definition) is 1. The first-order valence-electron chi connectivity index (χ1n) is 11.1. The highest BCUT2D eigenvalue weighted by Gasteiger charge is 2.27. The number of nitrogens with zero attached hydrogens (tertiary/aromatic N) is 5.